The van der Waals surface area contributed by atoms with E-state index in [4.69, 9.17) is 0 Å². The number of nitro groups is 1. The van der Waals surface area contributed by atoms with Crippen molar-refractivity contribution < 1.29 is 14.1 Å². The Balaban J connectivity index is 1.60. The number of amides is 1. The molecule has 0 saturated heterocycles. The van der Waals surface area contributed by atoms with Gasteiger partial charge in [-0.05, 0) is 41.8 Å². The van der Waals surface area contributed by atoms with Gasteiger partial charge in [0.05, 0.1) is 17.4 Å². The number of non-ortho nitro benzene ring substituents is 1. The lowest BCUT2D eigenvalue weighted by molar-refractivity contribution is -0.384. The van der Waals surface area contributed by atoms with Crippen molar-refractivity contribution in [3.63, 3.8) is 0 Å². The van der Waals surface area contributed by atoms with E-state index >= 15 is 0 Å². The van der Waals surface area contributed by atoms with E-state index in [9.17, 15) is 19.3 Å². The average molecular weight is 407 g/mol. The van der Waals surface area contributed by atoms with Crippen molar-refractivity contribution in [2.24, 2.45) is 0 Å². The molecule has 0 aromatic heterocycles. The number of nitro benzene ring substituents is 1. The lowest BCUT2D eigenvalue weighted by Gasteiger charge is -2.16. The molecule has 0 heterocycles. The molecule has 0 bridgehead atoms. The van der Waals surface area contributed by atoms with Crippen molar-refractivity contribution in [2.75, 3.05) is 5.32 Å². The quantitative estimate of drug-likeness (QED) is 0.416. The van der Waals surface area contributed by atoms with Gasteiger partial charge in [-0.1, -0.05) is 42.5 Å². The number of benzene rings is 3. The van der Waals surface area contributed by atoms with E-state index in [1.807, 2.05) is 31.2 Å². The number of carbonyl (C=O) groups excluding carboxylic acids is 1. The van der Waals surface area contributed by atoms with E-state index in [1.54, 1.807) is 24.3 Å². The van der Waals surface area contributed by atoms with Crippen molar-refractivity contribution in [3.8, 4) is 0 Å². The zero-order chi connectivity index (χ0) is 21.5. The van der Waals surface area contributed by atoms with Crippen molar-refractivity contribution in [1.82, 2.24) is 5.32 Å². The van der Waals surface area contributed by atoms with Gasteiger partial charge in [0.2, 0.25) is 5.91 Å². The highest BCUT2D eigenvalue weighted by Crippen LogP contribution is 2.20. The molecule has 0 radical (unpaired) electrons. The Kier molecular flexibility index (Phi) is 6.75. The van der Waals surface area contributed by atoms with E-state index in [-0.39, 0.29) is 29.9 Å². The fourth-order valence-electron chi connectivity index (χ4n) is 3.08. The molecule has 154 valence electrons. The number of rotatable bonds is 8. The smallest absolute Gasteiger partial charge is 0.269 e. The molecule has 2 N–H and O–H groups in total. The summed E-state index contributed by atoms with van der Waals surface area (Å²) in [6.45, 7) is 2.34. The molecule has 3 rings (SSSR count). The molecular formula is C23H22FN3O3. The molecule has 0 fully saturated rings. The molecule has 1 unspecified atom stereocenters. The van der Waals surface area contributed by atoms with Gasteiger partial charge in [0, 0.05) is 24.4 Å². The molecule has 0 saturated carbocycles. The minimum absolute atomic E-state index is 0.0124. The van der Waals surface area contributed by atoms with Gasteiger partial charge in [0.1, 0.15) is 5.82 Å². The summed E-state index contributed by atoms with van der Waals surface area (Å²) in [4.78, 5) is 22.9. The minimum Gasteiger partial charge on any atom is -0.381 e. The number of halogens is 1. The van der Waals surface area contributed by atoms with E-state index in [1.165, 1.54) is 24.3 Å². The van der Waals surface area contributed by atoms with E-state index in [0.717, 1.165) is 22.4 Å². The maximum absolute atomic E-state index is 13.0. The van der Waals surface area contributed by atoms with Crippen LogP contribution < -0.4 is 10.6 Å². The van der Waals surface area contributed by atoms with Gasteiger partial charge in [-0.25, -0.2) is 4.39 Å². The predicted octanol–water partition coefficient (Wildman–Crippen LogP) is 4.77. The Morgan fingerprint density at radius 2 is 1.70 bits per heavy atom. The van der Waals surface area contributed by atoms with Gasteiger partial charge in [0.25, 0.3) is 5.69 Å². The lowest BCUT2D eigenvalue weighted by atomic mass is 10.1. The number of hydrogen-bond donors (Lipinski definition) is 2. The van der Waals surface area contributed by atoms with Crippen LogP contribution >= 0.6 is 0 Å². The van der Waals surface area contributed by atoms with Gasteiger partial charge in [0.15, 0.2) is 0 Å². The summed E-state index contributed by atoms with van der Waals surface area (Å²) in [5, 5.41) is 17.0. The molecule has 3 aromatic carbocycles. The number of nitrogens with one attached hydrogen (secondary N) is 2. The number of para-hydroxylation sites is 1. The molecule has 0 aliphatic carbocycles. The van der Waals surface area contributed by atoms with Crippen LogP contribution in [-0.2, 0) is 17.8 Å². The summed E-state index contributed by atoms with van der Waals surface area (Å²) in [6, 6.07) is 19.6. The van der Waals surface area contributed by atoms with Crippen molar-refractivity contribution in [2.45, 2.75) is 25.9 Å². The van der Waals surface area contributed by atoms with E-state index in [0.29, 0.717) is 6.54 Å². The second-order valence-corrected chi connectivity index (χ2v) is 6.95. The van der Waals surface area contributed by atoms with E-state index < -0.39 is 4.92 Å². The molecule has 0 aliphatic heterocycles. The zero-order valence-corrected chi connectivity index (χ0v) is 16.5. The SMILES string of the molecule is CC(NC(=O)Cc1ccccc1NCc1ccc(F)cc1)c1ccc([N+](=O)[O-])cc1. The number of hydrogen-bond acceptors (Lipinski definition) is 4. The van der Waals surface area contributed by atoms with Gasteiger partial charge in [-0.15, -0.1) is 0 Å². The average Bonchev–Trinajstić information content (AvgIpc) is 2.74. The standard InChI is InChI=1S/C23H22FN3O3/c1-16(18-8-12-21(13-9-18)27(29)30)26-23(28)14-19-4-2-3-5-22(19)25-15-17-6-10-20(24)11-7-17/h2-13,16,25H,14-15H2,1H3,(H,26,28). The molecule has 3 aromatic rings. The van der Waals surface area contributed by atoms with Gasteiger partial charge in [-0.2, -0.15) is 0 Å². The summed E-state index contributed by atoms with van der Waals surface area (Å²) in [6.07, 6.45) is 0.184. The molecule has 1 amide bonds. The first-order valence-electron chi connectivity index (χ1n) is 9.52. The van der Waals surface area contributed by atoms with Gasteiger partial charge < -0.3 is 10.6 Å². The monoisotopic (exact) mass is 407 g/mol. The van der Waals surface area contributed by atoms with Crippen molar-refractivity contribution in [3.05, 3.63) is 105 Å². The second kappa shape index (κ2) is 9.65. The molecule has 6 nitrogen and oxygen atoms in total. The highest BCUT2D eigenvalue weighted by atomic mass is 19.1. The first kappa shape index (κ1) is 21.0. The Morgan fingerprint density at radius 3 is 2.37 bits per heavy atom. The van der Waals surface area contributed by atoms with Crippen LogP contribution in [-0.4, -0.2) is 10.8 Å². The molecule has 30 heavy (non-hydrogen) atoms. The summed E-state index contributed by atoms with van der Waals surface area (Å²) in [5.41, 5.74) is 3.41. The van der Waals surface area contributed by atoms with Crippen LogP contribution in [0.25, 0.3) is 0 Å². The Morgan fingerprint density at radius 1 is 1.03 bits per heavy atom. The number of anilines is 1. The van der Waals surface area contributed by atoms with Gasteiger partial charge >= 0.3 is 0 Å². The van der Waals surface area contributed by atoms with Crippen LogP contribution in [0.5, 0.6) is 0 Å². The summed E-state index contributed by atoms with van der Waals surface area (Å²) in [7, 11) is 0. The fourth-order valence-corrected chi connectivity index (χ4v) is 3.08. The Hall–Kier alpha value is -3.74. The lowest BCUT2D eigenvalue weighted by Crippen LogP contribution is -2.28. The minimum atomic E-state index is -0.455. The fraction of sp³-hybridized carbons (Fsp3) is 0.174. The first-order valence-corrected chi connectivity index (χ1v) is 9.52. The third-order valence-corrected chi connectivity index (χ3v) is 4.75. The largest absolute Gasteiger partial charge is 0.381 e. The summed E-state index contributed by atoms with van der Waals surface area (Å²) in [5.74, 6) is -0.435. The maximum atomic E-state index is 13.0. The zero-order valence-electron chi connectivity index (χ0n) is 16.5. The Labute approximate surface area is 173 Å². The van der Waals surface area contributed by atoms with Crippen LogP contribution in [0.2, 0.25) is 0 Å². The normalized spacial score (nSPS) is 11.5. The molecule has 0 aliphatic rings. The van der Waals surface area contributed by atoms with Crippen LogP contribution in [0.4, 0.5) is 15.8 Å². The third kappa shape index (κ3) is 5.64. The Bertz CT molecular complexity index is 1020. The topological polar surface area (TPSA) is 84.3 Å². The van der Waals surface area contributed by atoms with Crippen molar-refractivity contribution >= 4 is 17.3 Å². The predicted molar refractivity (Wildman–Crippen MR) is 114 cm³/mol. The summed E-state index contributed by atoms with van der Waals surface area (Å²) < 4.78 is 13.0. The van der Waals surface area contributed by atoms with Crippen LogP contribution in [0.15, 0.2) is 72.8 Å². The van der Waals surface area contributed by atoms with E-state index in [2.05, 4.69) is 10.6 Å². The highest BCUT2D eigenvalue weighted by molar-refractivity contribution is 5.81. The third-order valence-electron chi connectivity index (χ3n) is 4.75. The first-order chi connectivity index (χ1) is 14.4. The summed E-state index contributed by atoms with van der Waals surface area (Å²) >= 11 is 0. The van der Waals surface area contributed by atoms with Gasteiger partial charge in [-0.3, -0.25) is 14.9 Å². The second-order valence-electron chi connectivity index (χ2n) is 6.95. The van der Waals surface area contributed by atoms with Crippen LogP contribution in [0, 0.1) is 15.9 Å². The van der Waals surface area contributed by atoms with Crippen molar-refractivity contribution in [1.29, 1.82) is 0 Å². The van der Waals surface area contributed by atoms with Crippen LogP contribution in [0.3, 0.4) is 0 Å². The molecule has 1 atom stereocenters. The molecular weight excluding hydrogens is 385 g/mol. The number of nitrogens with zero attached hydrogens (tertiary/aromatic N) is 1. The highest BCUT2D eigenvalue weighted by Gasteiger charge is 2.13. The molecule has 7 heteroatoms. The maximum Gasteiger partial charge on any atom is 0.269 e. The number of carbonyl (C=O) groups is 1. The molecule has 0 spiro atoms. The van der Waals surface area contributed by atoms with Crippen LogP contribution in [0.1, 0.15) is 29.7 Å².